The Labute approximate surface area is 133 Å². The highest BCUT2D eigenvalue weighted by Gasteiger charge is 2.10. The second-order valence-corrected chi connectivity index (χ2v) is 5.64. The molecule has 0 atom stereocenters. The van der Waals surface area contributed by atoms with Crippen molar-refractivity contribution in [2.45, 2.75) is 25.7 Å². The minimum absolute atomic E-state index is 0.0195. The number of hydrogen-bond donors (Lipinski definition) is 1. The molecule has 22 heavy (non-hydrogen) atoms. The fourth-order valence-electron chi connectivity index (χ4n) is 2.65. The molecule has 2 rings (SSSR count). The van der Waals surface area contributed by atoms with Gasteiger partial charge in [0.2, 0.25) is 0 Å². The van der Waals surface area contributed by atoms with E-state index in [1.807, 2.05) is 12.1 Å². The molecule has 1 aromatic rings. The van der Waals surface area contributed by atoms with Crippen LogP contribution < -0.4 is 10.1 Å². The summed E-state index contributed by atoms with van der Waals surface area (Å²) < 4.78 is 5.40. The molecule has 0 radical (unpaired) electrons. The molecule has 0 spiro atoms. The lowest BCUT2D eigenvalue weighted by Gasteiger charge is -2.26. The lowest BCUT2D eigenvalue weighted by atomic mass is 10.1. The molecule has 0 unspecified atom stereocenters. The number of carbonyl (C=O) groups is 1. The fraction of sp³-hybridized carbons (Fsp3) is 0.500. The molecular formula is C18H26N2O2. The molecule has 1 aromatic carbocycles. The highest BCUT2D eigenvalue weighted by Crippen LogP contribution is 2.12. The highest BCUT2D eigenvalue weighted by molar-refractivity contribution is 5.94. The van der Waals surface area contributed by atoms with Crippen molar-refractivity contribution in [3.63, 3.8) is 0 Å². The zero-order valence-corrected chi connectivity index (χ0v) is 13.2. The number of hydrogen-bond acceptors (Lipinski definition) is 3. The molecule has 1 saturated heterocycles. The molecule has 0 bridgehead atoms. The summed E-state index contributed by atoms with van der Waals surface area (Å²) in [5, 5.41) is 2.98. The maximum Gasteiger partial charge on any atom is 0.251 e. The van der Waals surface area contributed by atoms with Crippen molar-refractivity contribution in [2.75, 3.05) is 32.8 Å². The minimum atomic E-state index is -0.0195. The van der Waals surface area contributed by atoms with Crippen molar-refractivity contribution < 1.29 is 9.53 Å². The minimum Gasteiger partial charge on any atom is -0.490 e. The van der Waals surface area contributed by atoms with Gasteiger partial charge in [-0.05, 0) is 63.2 Å². The number of rotatable bonds is 8. The van der Waals surface area contributed by atoms with E-state index in [1.54, 1.807) is 18.2 Å². The van der Waals surface area contributed by atoms with Gasteiger partial charge in [0.1, 0.15) is 12.4 Å². The number of benzene rings is 1. The predicted octanol–water partition coefficient (Wildman–Crippen LogP) is 2.86. The van der Waals surface area contributed by atoms with Crippen LogP contribution in [0.2, 0.25) is 0 Å². The van der Waals surface area contributed by atoms with Crippen LogP contribution in [0, 0.1) is 0 Å². The first-order valence-corrected chi connectivity index (χ1v) is 8.14. The van der Waals surface area contributed by atoms with Crippen molar-refractivity contribution in [1.29, 1.82) is 0 Å². The molecule has 4 heteroatoms. The molecule has 0 aromatic heterocycles. The van der Waals surface area contributed by atoms with Crippen LogP contribution in [0.3, 0.4) is 0 Å². The standard InChI is InChI=1S/C18H26N2O2/c1-2-15-22-17-9-7-16(8-10-17)18(21)19-11-6-14-20-12-4-3-5-13-20/h2,7-10H,1,3-6,11-15H2,(H,19,21). The highest BCUT2D eigenvalue weighted by atomic mass is 16.5. The van der Waals surface area contributed by atoms with Gasteiger partial charge < -0.3 is 15.0 Å². The van der Waals surface area contributed by atoms with E-state index >= 15 is 0 Å². The molecule has 1 N–H and O–H groups in total. The maximum atomic E-state index is 12.0. The van der Waals surface area contributed by atoms with Crippen LogP contribution in [0.5, 0.6) is 5.75 Å². The van der Waals surface area contributed by atoms with E-state index in [1.165, 1.54) is 32.4 Å². The van der Waals surface area contributed by atoms with Gasteiger partial charge in [-0.3, -0.25) is 4.79 Å². The van der Waals surface area contributed by atoms with E-state index in [4.69, 9.17) is 4.74 Å². The SMILES string of the molecule is C=CCOc1ccc(C(=O)NCCCN2CCCCC2)cc1. The largest absolute Gasteiger partial charge is 0.490 e. The Morgan fingerprint density at radius 3 is 2.64 bits per heavy atom. The summed E-state index contributed by atoms with van der Waals surface area (Å²) in [6.45, 7) is 8.30. The van der Waals surface area contributed by atoms with Gasteiger partial charge in [-0.2, -0.15) is 0 Å². The summed E-state index contributed by atoms with van der Waals surface area (Å²) >= 11 is 0. The van der Waals surface area contributed by atoms with Gasteiger partial charge in [0.15, 0.2) is 0 Å². The summed E-state index contributed by atoms with van der Waals surface area (Å²) in [6.07, 6.45) is 6.69. The first-order chi connectivity index (χ1) is 10.8. The number of likely N-dealkylation sites (tertiary alicyclic amines) is 1. The Balaban J connectivity index is 1.66. The Kier molecular flexibility index (Phi) is 6.97. The average Bonchev–Trinajstić information content (AvgIpc) is 2.58. The van der Waals surface area contributed by atoms with Crippen molar-refractivity contribution in [2.24, 2.45) is 0 Å². The van der Waals surface area contributed by atoms with Crippen molar-refractivity contribution in [3.8, 4) is 5.75 Å². The van der Waals surface area contributed by atoms with E-state index in [0.29, 0.717) is 12.2 Å². The number of carbonyl (C=O) groups excluding carboxylic acids is 1. The predicted molar refractivity (Wildman–Crippen MR) is 89.4 cm³/mol. The van der Waals surface area contributed by atoms with Crippen LogP contribution >= 0.6 is 0 Å². The molecule has 0 aliphatic carbocycles. The van der Waals surface area contributed by atoms with Crippen LogP contribution in [0.1, 0.15) is 36.0 Å². The van der Waals surface area contributed by atoms with E-state index in [2.05, 4.69) is 16.8 Å². The summed E-state index contributed by atoms with van der Waals surface area (Å²) in [7, 11) is 0. The van der Waals surface area contributed by atoms with E-state index in [9.17, 15) is 4.79 Å². The Morgan fingerprint density at radius 2 is 1.95 bits per heavy atom. The quantitative estimate of drug-likeness (QED) is 0.593. The summed E-state index contributed by atoms with van der Waals surface area (Å²) in [5.41, 5.74) is 0.670. The van der Waals surface area contributed by atoms with Gasteiger partial charge in [-0.1, -0.05) is 19.1 Å². The van der Waals surface area contributed by atoms with Gasteiger partial charge >= 0.3 is 0 Å². The third-order valence-corrected chi connectivity index (χ3v) is 3.87. The van der Waals surface area contributed by atoms with Gasteiger partial charge in [0.05, 0.1) is 0 Å². The van der Waals surface area contributed by atoms with Crippen molar-refractivity contribution in [3.05, 3.63) is 42.5 Å². The third kappa shape index (κ3) is 5.53. The summed E-state index contributed by atoms with van der Waals surface area (Å²) in [4.78, 5) is 14.5. The molecule has 1 aliphatic heterocycles. The van der Waals surface area contributed by atoms with Gasteiger partial charge in [-0.15, -0.1) is 0 Å². The van der Waals surface area contributed by atoms with Crippen molar-refractivity contribution >= 4 is 5.91 Å². The number of nitrogens with one attached hydrogen (secondary N) is 1. The first-order valence-electron chi connectivity index (χ1n) is 8.14. The zero-order valence-electron chi connectivity index (χ0n) is 13.2. The molecule has 4 nitrogen and oxygen atoms in total. The molecular weight excluding hydrogens is 276 g/mol. The van der Waals surface area contributed by atoms with Crippen molar-refractivity contribution in [1.82, 2.24) is 10.2 Å². The van der Waals surface area contributed by atoms with Crippen LogP contribution in [0.25, 0.3) is 0 Å². The van der Waals surface area contributed by atoms with Gasteiger partial charge in [0.25, 0.3) is 5.91 Å². The fourth-order valence-corrected chi connectivity index (χ4v) is 2.65. The monoisotopic (exact) mass is 302 g/mol. The molecule has 1 amide bonds. The Hall–Kier alpha value is -1.81. The van der Waals surface area contributed by atoms with E-state index in [0.717, 1.165) is 25.3 Å². The lowest BCUT2D eigenvalue weighted by Crippen LogP contribution is -2.33. The Bertz CT molecular complexity index is 464. The van der Waals surface area contributed by atoms with Gasteiger partial charge in [0, 0.05) is 12.1 Å². The second kappa shape index (κ2) is 9.26. The molecule has 1 fully saturated rings. The average molecular weight is 302 g/mol. The summed E-state index contributed by atoms with van der Waals surface area (Å²) in [6, 6.07) is 7.20. The van der Waals surface area contributed by atoms with Crippen LogP contribution in [-0.4, -0.2) is 43.6 Å². The number of nitrogens with zero attached hydrogens (tertiary/aromatic N) is 1. The number of ether oxygens (including phenoxy) is 1. The lowest BCUT2D eigenvalue weighted by molar-refractivity contribution is 0.0951. The van der Waals surface area contributed by atoms with Crippen LogP contribution in [-0.2, 0) is 0 Å². The molecule has 1 aliphatic rings. The van der Waals surface area contributed by atoms with Gasteiger partial charge in [-0.25, -0.2) is 0 Å². The second-order valence-electron chi connectivity index (χ2n) is 5.64. The topological polar surface area (TPSA) is 41.6 Å². The first kappa shape index (κ1) is 16.6. The maximum absolute atomic E-state index is 12.0. The van der Waals surface area contributed by atoms with E-state index < -0.39 is 0 Å². The van der Waals surface area contributed by atoms with Crippen LogP contribution in [0.4, 0.5) is 0 Å². The molecule has 120 valence electrons. The normalized spacial score (nSPS) is 15.3. The van der Waals surface area contributed by atoms with Crippen LogP contribution in [0.15, 0.2) is 36.9 Å². The van der Waals surface area contributed by atoms with E-state index in [-0.39, 0.29) is 5.91 Å². The Morgan fingerprint density at radius 1 is 1.23 bits per heavy atom. The third-order valence-electron chi connectivity index (χ3n) is 3.87. The number of amides is 1. The smallest absolute Gasteiger partial charge is 0.251 e. The molecule has 0 saturated carbocycles. The summed E-state index contributed by atoms with van der Waals surface area (Å²) in [5.74, 6) is 0.732. The zero-order chi connectivity index (χ0) is 15.6. The molecule has 1 heterocycles. The number of piperidine rings is 1.